The van der Waals surface area contributed by atoms with Crippen molar-refractivity contribution in [2.24, 2.45) is 17.3 Å². The van der Waals surface area contributed by atoms with Crippen LogP contribution in [0.5, 0.6) is 0 Å². The largest absolute Gasteiger partial charge is 0.341 e. The summed E-state index contributed by atoms with van der Waals surface area (Å²) in [6.45, 7) is 5.94. The zero-order chi connectivity index (χ0) is 27.2. The van der Waals surface area contributed by atoms with E-state index >= 15 is 0 Å². The average molecular weight is 586 g/mol. The average Bonchev–Trinajstić information content (AvgIpc) is 3.62. The molecule has 3 saturated heterocycles. The fourth-order valence-corrected chi connectivity index (χ4v) is 7.60. The van der Waals surface area contributed by atoms with Crippen molar-refractivity contribution in [1.29, 1.82) is 0 Å². The molecular weight excluding hydrogens is 546 g/mol. The molecule has 0 radical (unpaired) electrons. The Morgan fingerprint density at radius 1 is 0.975 bits per heavy atom. The number of halogens is 1. The second-order valence-electron chi connectivity index (χ2n) is 12.4. The van der Waals surface area contributed by atoms with Gasteiger partial charge in [0, 0.05) is 57.2 Å². The highest BCUT2D eigenvalue weighted by molar-refractivity contribution is 7.90. The summed E-state index contributed by atoms with van der Waals surface area (Å²) < 4.78 is 23.5. The van der Waals surface area contributed by atoms with Gasteiger partial charge in [-0.05, 0) is 73.4 Å². The Labute approximate surface area is 244 Å². The van der Waals surface area contributed by atoms with Crippen molar-refractivity contribution in [3.05, 3.63) is 65.7 Å². The molecule has 0 N–H and O–H groups in total. The van der Waals surface area contributed by atoms with Gasteiger partial charge in [0.2, 0.25) is 11.8 Å². The third kappa shape index (κ3) is 6.24. The Hall–Kier alpha value is -2.42. The molecule has 1 saturated carbocycles. The number of amides is 2. The molecule has 4 fully saturated rings. The van der Waals surface area contributed by atoms with Crippen molar-refractivity contribution < 1.29 is 18.0 Å². The van der Waals surface area contributed by atoms with E-state index in [-0.39, 0.29) is 29.6 Å². The van der Waals surface area contributed by atoms with Crippen LogP contribution in [0, 0.1) is 17.3 Å². The van der Waals surface area contributed by atoms with Crippen LogP contribution in [0.2, 0.25) is 0 Å². The molecule has 2 aromatic rings. The predicted molar refractivity (Wildman–Crippen MR) is 157 cm³/mol. The number of rotatable bonds is 7. The molecule has 40 heavy (non-hydrogen) atoms. The topological polar surface area (TPSA) is 78.0 Å². The molecule has 0 aromatic heterocycles. The smallest absolute Gasteiger partial charge is 0.225 e. The predicted octanol–water partition coefficient (Wildman–Crippen LogP) is 3.98. The third-order valence-corrected chi connectivity index (χ3v) is 10.6. The number of hydrogen-bond donors (Lipinski definition) is 0. The fourth-order valence-electron chi connectivity index (χ4n) is 6.97. The van der Waals surface area contributed by atoms with Crippen LogP contribution in [-0.2, 0) is 26.0 Å². The van der Waals surface area contributed by atoms with Crippen molar-refractivity contribution in [3.63, 3.8) is 0 Å². The lowest BCUT2D eigenvalue weighted by Gasteiger charge is -2.40. The van der Waals surface area contributed by atoms with E-state index in [4.69, 9.17) is 0 Å². The van der Waals surface area contributed by atoms with Gasteiger partial charge in [0.1, 0.15) is 0 Å². The monoisotopic (exact) mass is 585 g/mol. The van der Waals surface area contributed by atoms with Crippen LogP contribution in [-0.4, -0.2) is 80.5 Å². The maximum absolute atomic E-state index is 13.0. The fraction of sp³-hybridized carbons (Fsp3) is 0.548. The summed E-state index contributed by atoms with van der Waals surface area (Å²) in [6.07, 6.45) is 5.92. The minimum atomic E-state index is -3.23. The summed E-state index contributed by atoms with van der Waals surface area (Å²) in [5.41, 5.74) is 2.33. The van der Waals surface area contributed by atoms with E-state index in [1.165, 1.54) is 11.8 Å². The van der Waals surface area contributed by atoms with Gasteiger partial charge in [-0.1, -0.05) is 42.5 Å². The highest BCUT2D eigenvalue weighted by Crippen LogP contribution is 2.43. The molecule has 4 aliphatic rings. The summed E-state index contributed by atoms with van der Waals surface area (Å²) in [6, 6.07) is 17.6. The van der Waals surface area contributed by atoms with Gasteiger partial charge in [0.05, 0.1) is 4.90 Å². The van der Waals surface area contributed by atoms with Gasteiger partial charge in [0.15, 0.2) is 9.84 Å². The molecule has 0 unspecified atom stereocenters. The molecule has 2 atom stereocenters. The van der Waals surface area contributed by atoms with Gasteiger partial charge in [-0.3, -0.25) is 9.59 Å². The van der Waals surface area contributed by atoms with Crippen LogP contribution >= 0.6 is 12.4 Å². The van der Waals surface area contributed by atoms with E-state index in [0.717, 1.165) is 70.5 Å². The second kappa shape index (κ2) is 11.5. The SMILES string of the molecule is CS(=O)(=O)c1ccc(CN2CC3(CCN(C[C@H]4CN(C(=O)C5CC5)C[C@@H]4c4ccccc4)CC3)CC2=O)cc1.Cl. The molecular formula is C31H40ClN3O4S. The minimum Gasteiger partial charge on any atom is -0.341 e. The van der Waals surface area contributed by atoms with E-state index in [1.54, 1.807) is 12.1 Å². The second-order valence-corrected chi connectivity index (χ2v) is 14.5. The van der Waals surface area contributed by atoms with E-state index in [2.05, 4.69) is 40.1 Å². The molecule has 2 amide bonds. The van der Waals surface area contributed by atoms with E-state index in [1.807, 2.05) is 17.0 Å². The summed E-state index contributed by atoms with van der Waals surface area (Å²) in [5, 5.41) is 0. The number of nitrogens with zero attached hydrogens (tertiary/aromatic N) is 3. The third-order valence-electron chi connectivity index (χ3n) is 9.45. The lowest BCUT2D eigenvalue weighted by Crippen LogP contribution is -2.44. The number of carbonyl (C=O) groups excluding carboxylic acids is 2. The molecule has 0 bridgehead atoms. The van der Waals surface area contributed by atoms with E-state index < -0.39 is 9.84 Å². The maximum Gasteiger partial charge on any atom is 0.225 e. The number of likely N-dealkylation sites (tertiary alicyclic amines) is 3. The molecule has 2 aromatic carbocycles. The Kier molecular flexibility index (Phi) is 8.33. The van der Waals surface area contributed by atoms with Crippen LogP contribution in [0.1, 0.15) is 49.1 Å². The number of sulfone groups is 1. The molecule has 3 heterocycles. The Balaban J connectivity index is 0.00000323. The first kappa shape index (κ1) is 29.1. The highest BCUT2D eigenvalue weighted by Gasteiger charge is 2.46. The van der Waals surface area contributed by atoms with Gasteiger partial charge in [-0.2, -0.15) is 0 Å². The lowest BCUT2D eigenvalue weighted by atomic mass is 9.77. The van der Waals surface area contributed by atoms with Crippen molar-refractivity contribution in [3.8, 4) is 0 Å². The van der Waals surface area contributed by atoms with Crippen molar-refractivity contribution >= 4 is 34.1 Å². The first-order valence-electron chi connectivity index (χ1n) is 14.3. The number of benzene rings is 2. The Morgan fingerprint density at radius 3 is 2.27 bits per heavy atom. The van der Waals surface area contributed by atoms with Crippen LogP contribution in [0.3, 0.4) is 0 Å². The summed E-state index contributed by atoms with van der Waals surface area (Å²) in [7, 11) is -3.23. The van der Waals surface area contributed by atoms with Gasteiger partial charge in [-0.25, -0.2) is 8.42 Å². The molecule has 9 heteroatoms. The lowest BCUT2D eigenvalue weighted by molar-refractivity contribution is -0.131. The first-order valence-corrected chi connectivity index (χ1v) is 16.2. The number of hydrogen-bond acceptors (Lipinski definition) is 5. The van der Waals surface area contributed by atoms with Crippen LogP contribution in [0.15, 0.2) is 59.5 Å². The zero-order valence-corrected chi connectivity index (χ0v) is 24.8. The first-order chi connectivity index (χ1) is 18.7. The summed E-state index contributed by atoms with van der Waals surface area (Å²) in [4.78, 5) is 32.8. The molecule has 3 aliphatic heterocycles. The molecule has 216 valence electrons. The van der Waals surface area contributed by atoms with Gasteiger partial charge >= 0.3 is 0 Å². The maximum atomic E-state index is 13.0. The molecule has 6 rings (SSSR count). The van der Waals surface area contributed by atoms with E-state index in [0.29, 0.717) is 35.6 Å². The molecule has 1 spiro atoms. The van der Waals surface area contributed by atoms with Crippen LogP contribution in [0.4, 0.5) is 0 Å². The van der Waals surface area contributed by atoms with Gasteiger partial charge in [0.25, 0.3) is 0 Å². The highest BCUT2D eigenvalue weighted by atomic mass is 35.5. The van der Waals surface area contributed by atoms with Gasteiger partial charge < -0.3 is 14.7 Å². The molecule has 1 aliphatic carbocycles. The minimum absolute atomic E-state index is 0. The summed E-state index contributed by atoms with van der Waals surface area (Å²) >= 11 is 0. The van der Waals surface area contributed by atoms with E-state index in [9.17, 15) is 18.0 Å². The molecule has 7 nitrogen and oxygen atoms in total. The number of piperidine rings is 1. The van der Waals surface area contributed by atoms with Crippen molar-refractivity contribution in [2.45, 2.75) is 49.5 Å². The van der Waals surface area contributed by atoms with Gasteiger partial charge in [-0.15, -0.1) is 12.4 Å². The summed E-state index contributed by atoms with van der Waals surface area (Å²) in [5.74, 6) is 1.62. The van der Waals surface area contributed by atoms with Crippen LogP contribution in [0.25, 0.3) is 0 Å². The Bertz CT molecular complexity index is 1320. The van der Waals surface area contributed by atoms with Crippen LogP contribution < -0.4 is 0 Å². The van der Waals surface area contributed by atoms with Crippen molar-refractivity contribution in [2.75, 3.05) is 45.5 Å². The number of carbonyl (C=O) groups is 2. The normalized spacial score (nSPS) is 24.9. The van der Waals surface area contributed by atoms with Crippen molar-refractivity contribution in [1.82, 2.24) is 14.7 Å². The quantitative estimate of drug-likeness (QED) is 0.491. The standard InChI is InChI=1S/C31H39N3O4S.ClH/c1-39(37,38)27-11-7-23(8-12-27)18-34-22-31(17-29(34)35)13-15-32(16-14-31)19-26-20-33(30(36)25-9-10-25)21-28(26)24-5-3-2-4-6-24;/h2-8,11-12,25-26,28H,9-10,13-22H2,1H3;1H/t26-,28+;/m0./s1. The zero-order valence-electron chi connectivity index (χ0n) is 23.2. The Morgan fingerprint density at radius 2 is 1.65 bits per heavy atom.